The molecule has 0 bridgehead atoms. The minimum absolute atomic E-state index is 0.0598. The Balaban J connectivity index is 1.55. The van der Waals surface area contributed by atoms with Gasteiger partial charge in [0.05, 0.1) is 11.4 Å². The number of hydrogen-bond donors (Lipinski definition) is 0. The molecule has 2 aromatic rings. The van der Waals surface area contributed by atoms with Crippen LogP contribution in [0.15, 0.2) is 46.7 Å². The highest BCUT2D eigenvalue weighted by Crippen LogP contribution is 2.24. The van der Waals surface area contributed by atoms with Crippen molar-refractivity contribution in [1.29, 1.82) is 0 Å². The Morgan fingerprint density at radius 1 is 1.10 bits per heavy atom. The molecule has 0 N–H and O–H groups in total. The molecular formula is C21H26N2O4S2. The number of carbonyl (C=O) groups excluding carboxylic acids is 1. The summed E-state index contributed by atoms with van der Waals surface area (Å²) in [4.78, 5) is 16.6. The molecule has 6 nitrogen and oxygen atoms in total. The second-order valence-electron chi connectivity index (χ2n) is 7.49. The number of ether oxygens (including phenoxy) is 1. The van der Waals surface area contributed by atoms with Crippen molar-refractivity contribution in [2.24, 2.45) is 0 Å². The van der Waals surface area contributed by atoms with Gasteiger partial charge in [-0.2, -0.15) is 4.31 Å². The lowest BCUT2D eigenvalue weighted by Gasteiger charge is -2.34. The zero-order chi connectivity index (χ0) is 20.3. The molecule has 2 aliphatic rings. The van der Waals surface area contributed by atoms with Crippen molar-refractivity contribution < 1.29 is 17.9 Å². The first kappa shape index (κ1) is 20.5. The van der Waals surface area contributed by atoms with Crippen LogP contribution in [0.25, 0.3) is 0 Å². The van der Waals surface area contributed by atoms with E-state index in [9.17, 15) is 13.2 Å². The van der Waals surface area contributed by atoms with Crippen molar-refractivity contribution in [2.75, 3.05) is 26.3 Å². The number of thiophene rings is 1. The largest absolute Gasteiger partial charge is 0.381 e. The molecule has 0 saturated carbocycles. The van der Waals surface area contributed by atoms with E-state index in [0.717, 1.165) is 30.6 Å². The molecule has 0 atom stereocenters. The summed E-state index contributed by atoms with van der Waals surface area (Å²) in [5, 5.41) is 2.01. The van der Waals surface area contributed by atoms with E-state index in [1.807, 2.05) is 22.4 Å². The SMILES string of the molecule is O=C(c1ccc(S(=O)(=O)N2CCCC2)cc1)N(Cc1cccs1)C1CCOCC1. The van der Waals surface area contributed by atoms with Gasteiger partial charge in [-0.1, -0.05) is 6.07 Å². The molecule has 1 aromatic heterocycles. The van der Waals surface area contributed by atoms with Crippen molar-refractivity contribution >= 4 is 27.3 Å². The van der Waals surface area contributed by atoms with E-state index in [0.29, 0.717) is 38.4 Å². The first-order chi connectivity index (χ1) is 14.1. The van der Waals surface area contributed by atoms with Crippen LogP contribution in [0, 0.1) is 0 Å². The summed E-state index contributed by atoms with van der Waals surface area (Å²) in [6.45, 7) is 3.02. The first-order valence-corrected chi connectivity index (χ1v) is 12.4. The van der Waals surface area contributed by atoms with Crippen molar-refractivity contribution in [3.63, 3.8) is 0 Å². The maximum absolute atomic E-state index is 13.3. The Bertz CT molecular complexity index is 914. The maximum Gasteiger partial charge on any atom is 0.254 e. The van der Waals surface area contributed by atoms with Gasteiger partial charge in [0.25, 0.3) is 5.91 Å². The van der Waals surface area contributed by atoms with Crippen LogP contribution < -0.4 is 0 Å². The van der Waals surface area contributed by atoms with E-state index >= 15 is 0 Å². The number of sulfonamides is 1. The average molecular weight is 435 g/mol. The van der Waals surface area contributed by atoms with Crippen molar-refractivity contribution in [3.05, 3.63) is 52.2 Å². The third kappa shape index (κ3) is 4.55. The van der Waals surface area contributed by atoms with Crippen LogP contribution in [0.5, 0.6) is 0 Å². The second kappa shape index (κ2) is 8.95. The molecule has 8 heteroatoms. The fourth-order valence-corrected chi connectivity index (χ4v) is 6.17. The Kier molecular flexibility index (Phi) is 6.34. The molecule has 3 heterocycles. The Morgan fingerprint density at radius 2 is 1.79 bits per heavy atom. The van der Waals surface area contributed by atoms with E-state index in [1.54, 1.807) is 35.6 Å². The lowest BCUT2D eigenvalue weighted by molar-refractivity contribution is 0.0270. The van der Waals surface area contributed by atoms with Gasteiger partial charge in [0.2, 0.25) is 10.0 Å². The van der Waals surface area contributed by atoms with Gasteiger partial charge in [0.15, 0.2) is 0 Å². The third-order valence-corrected chi connectivity index (χ3v) is 8.38. The standard InChI is InChI=1S/C21H26N2O4S2/c24-21(23(16-19-4-3-15-28-19)18-9-13-27-14-10-18)17-5-7-20(8-6-17)29(25,26)22-11-1-2-12-22/h3-8,15,18H,1-2,9-14,16H2. The van der Waals surface area contributed by atoms with Gasteiger partial charge in [-0.3, -0.25) is 4.79 Å². The van der Waals surface area contributed by atoms with E-state index < -0.39 is 10.0 Å². The Hall–Kier alpha value is -1.74. The van der Waals surface area contributed by atoms with Crippen LogP contribution >= 0.6 is 11.3 Å². The summed E-state index contributed by atoms with van der Waals surface area (Å²) in [5.41, 5.74) is 0.522. The number of carbonyl (C=O) groups is 1. The molecule has 1 amide bonds. The molecular weight excluding hydrogens is 408 g/mol. The molecule has 2 aliphatic heterocycles. The van der Waals surface area contributed by atoms with E-state index in [1.165, 1.54) is 4.31 Å². The number of benzene rings is 1. The molecule has 29 heavy (non-hydrogen) atoms. The quantitative estimate of drug-likeness (QED) is 0.699. The lowest BCUT2D eigenvalue weighted by Crippen LogP contribution is -2.42. The van der Waals surface area contributed by atoms with Gasteiger partial charge >= 0.3 is 0 Å². The van der Waals surface area contributed by atoms with E-state index in [-0.39, 0.29) is 16.8 Å². The number of amides is 1. The Labute approximate surface area is 176 Å². The zero-order valence-corrected chi connectivity index (χ0v) is 18.0. The molecule has 2 fully saturated rings. The molecule has 156 valence electrons. The average Bonchev–Trinajstić information content (AvgIpc) is 3.47. The van der Waals surface area contributed by atoms with Gasteiger partial charge in [0.1, 0.15) is 0 Å². The monoisotopic (exact) mass is 434 g/mol. The smallest absolute Gasteiger partial charge is 0.254 e. The lowest BCUT2D eigenvalue weighted by atomic mass is 10.0. The summed E-state index contributed by atoms with van der Waals surface area (Å²) in [5.74, 6) is -0.0598. The Morgan fingerprint density at radius 3 is 2.41 bits per heavy atom. The third-order valence-electron chi connectivity index (χ3n) is 5.60. The van der Waals surface area contributed by atoms with Crippen LogP contribution in [-0.2, 0) is 21.3 Å². The predicted molar refractivity (Wildman–Crippen MR) is 112 cm³/mol. The predicted octanol–water partition coefficient (Wildman–Crippen LogP) is 3.35. The van der Waals surface area contributed by atoms with Crippen LogP contribution in [0.1, 0.15) is 40.9 Å². The summed E-state index contributed by atoms with van der Waals surface area (Å²) in [6, 6.07) is 10.6. The second-order valence-corrected chi connectivity index (χ2v) is 10.5. The molecule has 1 aromatic carbocycles. The van der Waals surface area contributed by atoms with Gasteiger partial charge in [-0.15, -0.1) is 11.3 Å². The van der Waals surface area contributed by atoms with Gasteiger partial charge in [-0.25, -0.2) is 8.42 Å². The fourth-order valence-electron chi connectivity index (χ4n) is 3.95. The summed E-state index contributed by atoms with van der Waals surface area (Å²) in [7, 11) is -3.47. The molecule has 0 aliphatic carbocycles. The highest BCUT2D eigenvalue weighted by molar-refractivity contribution is 7.89. The highest BCUT2D eigenvalue weighted by atomic mass is 32.2. The minimum Gasteiger partial charge on any atom is -0.381 e. The summed E-state index contributed by atoms with van der Waals surface area (Å²) < 4.78 is 32.4. The van der Waals surface area contributed by atoms with E-state index in [4.69, 9.17) is 4.74 Å². The number of rotatable bonds is 6. The zero-order valence-electron chi connectivity index (χ0n) is 16.3. The fraction of sp³-hybridized carbons (Fsp3) is 0.476. The van der Waals surface area contributed by atoms with Crippen LogP contribution in [-0.4, -0.2) is 55.9 Å². The van der Waals surface area contributed by atoms with Crippen molar-refractivity contribution in [2.45, 2.75) is 43.2 Å². The maximum atomic E-state index is 13.3. The van der Waals surface area contributed by atoms with Gasteiger partial charge in [0, 0.05) is 42.8 Å². The molecule has 2 saturated heterocycles. The summed E-state index contributed by atoms with van der Waals surface area (Å²) in [6.07, 6.45) is 3.44. The highest BCUT2D eigenvalue weighted by Gasteiger charge is 2.29. The molecule has 0 spiro atoms. The molecule has 0 radical (unpaired) electrons. The normalized spacial score (nSPS) is 18.8. The molecule has 4 rings (SSSR count). The minimum atomic E-state index is -3.47. The number of nitrogens with zero attached hydrogens (tertiary/aromatic N) is 2. The van der Waals surface area contributed by atoms with Crippen molar-refractivity contribution in [1.82, 2.24) is 9.21 Å². The van der Waals surface area contributed by atoms with Gasteiger partial charge in [-0.05, 0) is 61.4 Å². The van der Waals surface area contributed by atoms with Crippen molar-refractivity contribution in [3.8, 4) is 0 Å². The molecule has 0 unspecified atom stereocenters. The van der Waals surface area contributed by atoms with E-state index in [2.05, 4.69) is 0 Å². The summed E-state index contributed by atoms with van der Waals surface area (Å²) >= 11 is 1.64. The van der Waals surface area contributed by atoms with Crippen LogP contribution in [0.2, 0.25) is 0 Å². The topological polar surface area (TPSA) is 66.9 Å². The van der Waals surface area contributed by atoms with Gasteiger partial charge < -0.3 is 9.64 Å². The number of hydrogen-bond acceptors (Lipinski definition) is 5. The van der Waals surface area contributed by atoms with Crippen LogP contribution in [0.4, 0.5) is 0 Å². The first-order valence-electron chi connectivity index (χ1n) is 10.1. The van der Waals surface area contributed by atoms with Crippen LogP contribution in [0.3, 0.4) is 0 Å².